The molecule has 0 unspecified atom stereocenters. The summed E-state index contributed by atoms with van der Waals surface area (Å²) in [5.74, 6) is 0.395. The van der Waals surface area contributed by atoms with Crippen LogP contribution in [-0.2, 0) is 14.8 Å². The Morgan fingerprint density at radius 1 is 1.29 bits per heavy atom. The van der Waals surface area contributed by atoms with Gasteiger partial charge in [0.2, 0.25) is 15.9 Å². The van der Waals surface area contributed by atoms with E-state index in [0.717, 1.165) is 31.9 Å². The van der Waals surface area contributed by atoms with Gasteiger partial charge in [0, 0.05) is 19.0 Å². The highest BCUT2D eigenvalue weighted by Crippen LogP contribution is 2.30. The molecule has 24 heavy (non-hydrogen) atoms. The Morgan fingerprint density at radius 2 is 1.96 bits per heavy atom. The van der Waals surface area contributed by atoms with Crippen molar-refractivity contribution in [3.63, 3.8) is 0 Å². The van der Waals surface area contributed by atoms with E-state index in [1.165, 1.54) is 4.31 Å². The Kier molecular flexibility index (Phi) is 6.48. The van der Waals surface area contributed by atoms with Crippen LogP contribution in [0.25, 0.3) is 0 Å². The number of hydrogen-bond donors (Lipinski definition) is 1. The summed E-state index contributed by atoms with van der Waals surface area (Å²) in [6.45, 7) is 2.38. The van der Waals surface area contributed by atoms with Crippen LogP contribution in [0.15, 0.2) is 24.3 Å². The normalized spacial score (nSPS) is 15.2. The SMILES string of the molecule is CCOc1ccccc1N(CCC(=O)NC1CCCC1)S(C)(=O)=O. The molecule has 6 nitrogen and oxygen atoms in total. The maximum absolute atomic E-state index is 12.2. The second-order valence-electron chi connectivity index (χ2n) is 6.03. The minimum atomic E-state index is -3.51. The number of amides is 1. The van der Waals surface area contributed by atoms with Crippen molar-refractivity contribution < 1.29 is 17.9 Å². The van der Waals surface area contributed by atoms with Gasteiger partial charge in [-0.25, -0.2) is 8.42 Å². The van der Waals surface area contributed by atoms with Gasteiger partial charge in [-0.2, -0.15) is 0 Å². The third kappa shape index (κ3) is 5.12. The number of nitrogens with one attached hydrogen (secondary N) is 1. The molecule has 0 aliphatic heterocycles. The van der Waals surface area contributed by atoms with Crippen molar-refractivity contribution in [1.29, 1.82) is 0 Å². The van der Waals surface area contributed by atoms with E-state index in [0.29, 0.717) is 18.0 Å². The van der Waals surface area contributed by atoms with Crippen molar-refractivity contribution in [3.8, 4) is 5.75 Å². The van der Waals surface area contributed by atoms with Gasteiger partial charge in [-0.05, 0) is 31.9 Å². The predicted octanol–water partition coefficient (Wildman–Crippen LogP) is 2.30. The Bertz CT molecular complexity index is 654. The second-order valence-corrected chi connectivity index (χ2v) is 7.94. The summed E-state index contributed by atoms with van der Waals surface area (Å²) in [6.07, 6.45) is 5.57. The van der Waals surface area contributed by atoms with E-state index in [-0.39, 0.29) is 24.9 Å². The lowest BCUT2D eigenvalue weighted by atomic mass is 10.2. The number of carbonyl (C=O) groups is 1. The van der Waals surface area contributed by atoms with Gasteiger partial charge in [0.15, 0.2) is 0 Å². The quantitative estimate of drug-likeness (QED) is 0.777. The molecule has 0 spiro atoms. The molecule has 0 heterocycles. The van der Waals surface area contributed by atoms with Crippen LogP contribution in [-0.4, -0.2) is 39.8 Å². The maximum Gasteiger partial charge on any atom is 0.232 e. The van der Waals surface area contributed by atoms with E-state index in [1.807, 2.05) is 6.92 Å². The molecule has 7 heteroatoms. The van der Waals surface area contributed by atoms with E-state index >= 15 is 0 Å². The van der Waals surface area contributed by atoms with Crippen molar-refractivity contribution in [3.05, 3.63) is 24.3 Å². The molecule has 1 amide bonds. The van der Waals surface area contributed by atoms with E-state index in [9.17, 15) is 13.2 Å². The molecule has 1 aliphatic rings. The third-order valence-corrected chi connectivity index (χ3v) is 5.28. The zero-order valence-corrected chi connectivity index (χ0v) is 15.1. The largest absolute Gasteiger partial charge is 0.492 e. The molecule has 1 aromatic rings. The first-order chi connectivity index (χ1) is 11.4. The molecule has 2 rings (SSSR count). The highest BCUT2D eigenvalue weighted by atomic mass is 32.2. The summed E-state index contributed by atoms with van der Waals surface area (Å²) < 4.78 is 31.1. The van der Waals surface area contributed by atoms with Gasteiger partial charge in [-0.15, -0.1) is 0 Å². The number of anilines is 1. The van der Waals surface area contributed by atoms with E-state index < -0.39 is 10.0 Å². The van der Waals surface area contributed by atoms with Crippen LogP contribution in [0.5, 0.6) is 5.75 Å². The predicted molar refractivity (Wildman–Crippen MR) is 94.8 cm³/mol. The van der Waals surface area contributed by atoms with Crippen LogP contribution in [0.2, 0.25) is 0 Å². The molecule has 1 aliphatic carbocycles. The maximum atomic E-state index is 12.2. The van der Waals surface area contributed by atoms with Crippen LogP contribution in [0.4, 0.5) is 5.69 Å². The van der Waals surface area contributed by atoms with Crippen LogP contribution in [0.3, 0.4) is 0 Å². The fourth-order valence-electron chi connectivity index (χ4n) is 2.98. The van der Waals surface area contributed by atoms with Gasteiger partial charge in [0.05, 0.1) is 18.6 Å². The highest BCUT2D eigenvalue weighted by molar-refractivity contribution is 7.92. The zero-order valence-electron chi connectivity index (χ0n) is 14.3. The monoisotopic (exact) mass is 354 g/mol. The van der Waals surface area contributed by atoms with Crippen molar-refractivity contribution in [2.75, 3.05) is 23.7 Å². The van der Waals surface area contributed by atoms with Crippen molar-refractivity contribution in [2.45, 2.75) is 45.1 Å². The number of nitrogens with zero attached hydrogens (tertiary/aromatic N) is 1. The molecule has 1 aromatic carbocycles. The summed E-state index contributed by atoms with van der Waals surface area (Å²) in [4.78, 5) is 12.1. The molecular formula is C17H26N2O4S. The first-order valence-electron chi connectivity index (χ1n) is 8.40. The van der Waals surface area contributed by atoms with Gasteiger partial charge in [0.25, 0.3) is 0 Å². The van der Waals surface area contributed by atoms with Crippen molar-refractivity contribution in [2.24, 2.45) is 0 Å². The van der Waals surface area contributed by atoms with Crippen molar-refractivity contribution >= 4 is 21.6 Å². The average molecular weight is 354 g/mol. The lowest BCUT2D eigenvalue weighted by Gasteiger charge is -2.24. The third-order valence-electron chi connectivity index (χ3n) is 4.10. The first-order valence-corrected chi connectivity index (χ1v) is 10.3. The van der Waals surface area contributed by atoms with Crippen LogP contribution < -0.4 is 14.4 Å². The lowest BCUT2D eigenvalue weighted by molar-refractivity contribution is -0.121. The lowest BCUT2D eigenvalue weighted by Crippen LogP contribution is -2.37. The molecule has 0 atom stereocenters. The minimum absolute atomic E-state index is 0.0987. The number of rotatable bonds is 8. The molecule has 134 valence electrons. The number of hydrogen-bond acceptors (Lipinski definition) is 4. The van der Waals surface area contributed by atoms with Crippen LogP contribution >= 0.6 is 0 Å². The number of sulfonamides is 1. The average Bonchev–Trinajstić information content (AvgIpc) is 3.01. The number of benzene rings is 1. The summed E-state index contributed by atoms with van der Waals surface area (Å²) in [5, 5.41) is 2.99. The summed E-state index contributed by atoms with van der Waals surface area (Å²) in [7, 11) is -3.51. The molecular weight excluding hydrogens is 328 g/mol. The molecule has 0 aromatic heterocycles. The molecule has 1 saturated carbocycles. The van der Waals surface area contributed by atoms with Crippen LogP contribution in [0, 0.1) is 0 Å². The Labute approximate surface area is 144 Å². The minimum Gasteiger partial charge on any atom is -0.492 e. The summed E-state index contributed by atoms with van der Waals surface area (Å²) in [6, 6.07) is 7.22. The van der Waals surface area contributed by atoms with Gasteiger partial charge in [-0.1, -0.05) is 25.0 Å². The molecule has 1 N–H and O–H groups in total. The van der Waals surface area contributed by atoms with E-state index in [4.69, 9.17) is 4.74 Å². The summed E-state index contributed by atoms with van der Waals surface area (Å²) in [5.41, 5.74) is 0.468. The second kappa shape index (κ2) is 8.37. The fraction of sp³-hybridized carbons (Fsp3) is 0.588. The van der Waals surface area contributed by atoms with Crippen molar-refractivity contribution in [1.82, 2.24) is 5.32 Å². The molecule has 0 bridgehead atoms. The molecule has 1 fully saturated rings. The van der Waals surface area contributed by atoms with Crippen LogP contribution in [0.1, 0.15) is 39.0 Å². The smallest absolute Gasteiger partial charge is 0.232 e. The zero-order chi connectivity index (χ0) is 17.6. The topological polar surface area (TPSA) is 75.7 Å². The first kappa shape index (κ1) is 18.6. The van der Waals surface area contributed by atoms with E-state index in [1.54, 1.807) is 24.3 Å². The van der Waals surface area contributed by atoms with Gasteiger partial charge in [-0.3, -0.25) is 9.10 Å². The summed E-state index contributed by atoms with van der Waals surface area (Å²) >= 11 is 0. The molecule has 0 radical (unpaired) electrons. The van der Waals surface area contributed by atoms with Gasteiger partial charge in [0.1, 0.15) is 5.75 Å². The van der Waals surface area contributed by atoms with Gasteiger partial charge < -0.3 is 10.1 Å². The fourth-order valence-corrected chi connectivity index (χ4v) is 3.91. The van der Waals surface area contributed by atoms with E-state index in [2.05, 4.69) is 5.32 Å². The Hall–Kier alpha value is -1.76. The highest BCUT2D eigenvalue weighted by Gasteiger charge is 2.23. The Balaban J connectivity index is 2.08. The number of ether oxygens (including phenoxy) is 1. The standard InChI is InChI=1S/C17H26N2O4S/c1-3-23-16-11-7-6-10-15(16)19(24(2,21)22)13-12-17(20)18-14-8-4-5-9-14/h6-7,10-11,14H,3-5,8-9,12-13H2,1-2H3,(H,18,20). The van der Waals surface area contributed by atoms with Gasteiger partial charge >= 0.3 is 0 Å². The number of para-hydroxylation sites is 2. The Morgan fingerprint density at radius 3 is 2.58 bits per heavy atom. The number of carbonyl (C=O) groups excluding carboxylic acids is 1. The molecule has 0 saturated heterocycles.